The third kappa shape index (κ3) is 3.46. The van der Waals surface area contributed by atoms with Gasteiger partial charge in [-0.3, -0.25) is 4.79 Å². The number of nitrogens with one attached hydrogen (secondary N) is 1. The summed E-state index contributed by atoms with van der Waals surface area (Å²) in [6.45, 7) is 1.00. The van der Waals surface area contributed by atoms with E-state index in [1.165, 1.54) is 0 Å². The summed E-state index contributed by atoms with van der Waals surface area (Å²) in [5, 5.41) is 0.946. The van der Waals surface area contributed by atoms with Gasteiger partial charge in [-0.2, -0.15) is 0 Å². The molecule has 1 aromatic heterocycles. The van der Waals surface area contributed by atoms with Crippen molar-refractivity contribution in [2.24, 2.45) is 5.73 Å². The highest BCUT2D eigenvalue weighted by Gasteiger charge is 2.21. The van der Waals surface area contributed by atoms with Crippen LogP contribution in [0.4, 0.5) is 0 Å². The van der Waals surface area contributed by atoms with Crippen molar-refractivity contribution >= 4 is 28.6 Å². The average Bonchev–Trinajstić information content (AvgIpc) is 2.87. The molecule has 2 rings (SSSR count). The van der Waals surface area contributed by atoms with Crippen LogP contribution in [0.3, 0.4) is 0 Å². The van der Waals surface area contributed by atoms with Crippen molar-refractivity contribution in [1.29, 1.82) is 0 Å². The summed E-state index contributed by atoms with van der Waals surface area (Å²) in [6, 6.07) is 6.55. The van der Waals surface area contributed by atoms with Crippen LogP contribution in [0.25, 0.3) is 10.9 Å². The normalized spacial score (nSPS) is 11.9. The SMILES string of the molecule is CC(=O)C(=O)OOC(=O)C(N)Cc1c[nH]c2ccccc12. The number of H-pyrrole nitrogens is 1. The van der Waals surface area contributed by atoms with Crippen molar-refractivity contribution in [3.05, 3.63) is 36.0 Å². The number of hydrogen-bond acceptors (Lipinski definition) is 6. The monoisotopic (exact) mass is 290 g/mol. The second-order valence-corrected chi connectivity index (χ2v) is 4.50. The number of carbonyl (C=O) groups excluding carboxylic acids is 3. The molecule has 0 saturated heterocycles. The lowest BCUT2D eigenvalue weighted by atomic mass is 10.1. The number of fused-ring (bicyclic) bond motifs is 1. The molecule has 0 aliphatic heterocycles. The van der Waals surface area contributed by atoms with E-state index in [1.54, 1.807) is 6.20 Å². The first-order valence-corrected chi connectivity index (χ1v) is 6.23. The molecule has 2 aromatic rings. The number of aromatic amines is 1. The Hall–Kier alpha value is -2.67. The van der Waals surface area contributed by atoms with Crippen LogP contribution >= 0.6 is 0 Å². The van der Waals surface area contributed by atoms with Gasteiger partial charge in [-0.25, -0.2) is 19.4 Å². The smallest absolute Gasteiger partial charge is 0.361 e. The number of para-hydroxylation sites is 1. The van der Waals surface area contributed by atoms with Crippen molar-refractivity contribution in [3.8, 4) is 0 Å². The molecule has 0 bridgehead atoms. The van der Waals surface area contributed by atoms with Gasteiger partial charge >= 0.3 is 11.9 Å². The number of ketones is 1. The van der Waals surface area contributed by atoms with Crippen molar-refractivity contribution in [2.75, 3.05) is 0 Å². The van der Waals surface area contributed by atoms with Gasteiger partial charge in [0.2, 0.25) is 5.78 Å². The molecule has 1 unspecified atom stereocenters. The fourth-order valence-corrected chi connectivity index (χ4v) is 1.82. The highest BCUT2D eigenvalue weighted by Crippen LogP contribution is 2.18. The first kappa shape index (κ1) is 14.7. The highest BCUT2D eigenvalue weighted by atomic mass is 17.2. The number of carbonyl (C=O) groups is 3. The van der Waals surface area contributed by atoms with Crippen LogP contribution in [0.1, 0.15) is 12.5 Å². The third-order valence-corrected chi connectivity index (χ3v) is 2.90. The van der Waals surface area contributed by atoms with Crippen molar-refractivity contribution in [2.45, 2.75) is 19.4 Å². The summed E-state index contributed by atoms with van der Waals surface area (Å²) in [5.74, 6) is -3.04. The second-order valence-electron chi connectivity index (χ2n) is 4.50. The van der Waals surface area contributed by atoms with E-state index in [-0.39, 0.29) is 6.42 Å². The zero-order chi connectivity index (χ0) is 15.4. The summed E-state index contributed by atoms with van der Waals surface area (Å²) < 4.78 is 0. The predicted octanol–water partition coefficient (Wildman–Crippen LogP) is 0.628. The minimum absolute atomic E-state index is 0.209. The van der Waals surface area contributed by atoms with Gasteiger partial charge in [0.1, 0.15) is 6.04 Å². The lowest BCUT2D eigenvalue weighted by Crippen LogP contribution is -2.35. The molecule has 1 aromatic carbocycles. The van der Waals surface area contributed by atoms with Gasteiger partial charge in [0, 0.05) is 30.4 Å². The fourth-order valence-electron chi connectivity index (χ4n) is 1.82. The summed E-state index contributed by atoms with van der Waals surface area (Å²) in [7, 11) is 0. The molecule has 3 N–H and O–H groups in total. The van der Waals surface area contributed by atoms with Gasteiger partial charge in [0.15, 0.2) is 0 Å². The van der Waals surface area contributed by atoms with E-state index >= 15 is 0 Å². The number of rotatable bonds is 4. The molecule has 0 saturated carbocycles. The Labute approximate surface area is 119 Å². The fraction of sp³-hybridized carbons (Fsp3) is 0.214. The predicted molar refractivity (Wildman–Crippen MR) is 72.8 cm³/mol. The zero-order valence-electron chi connectivity index (χ0n) is 11.3. The highest BCUT2D eigenvalue weighted by molar-refractivity contribution is 6.32. The maximum absolute atomic E-state index is 11.6. The van der Waals surface area contributed by atoms with Crippen LogP contribution in [0, 0.1) is 0 Å². The molecule has 21 heavy (non-hydrogen) atoms. The number of aromatic nitrogens is 1. The summed E-state index contributed by atoms with van der Waals surface area (Å²) >= 11 is 0. The Bertz CT molecular complexity index is 691. The van der Waals surface area contributed by atoms with Crippen LogP contribution in [0.15, 0.2) is 30.5 Å². The molecule has 1 heterocycles. The Kier molecular flexibility index (Phi) is 4.34. The van der Waals surface area contributed by atoms with E-state index in [0.717, 1.165) is 23.4 Å². The Balaban J connectivity index is 1.97. The molecule has 0 fully saturated rings. The van der Waals surface area contributed by atoms with E-state index in [1.807, 2.05) is 24.3 Å². The zero-order valence-corrected chi connectivity index (χ0v) is 11.3. The lowest BCUT2D eigenvalue weighted by molar-refractivity contribution is -0.257. The largest absolute Gasteiger partial charge is 0.421 e. The Morgan fingerprint density at radius 1 is 1.24 bits per heavy atom. The average molecular weight is 290 g/mol. The van der Waals surface area contributed by atoms with E-state index in [2.05, 4.69) is 14.8 Å². The van der Waals surface area contributed by atoms with Gasteiger partial charge in [0.05, 0.1) is 0 Å². The van der Waals surface area contributed by atoms with Gasteiger partial charge in [-0.1, -0.05) is 18.2 Å². The Morgan fingerprint density at radius 3 is 2.67 bits per heavy atom. The maximum atomic E-state index is 11.6. The minimum Gasteiger partial charge on any atom is -0.361 e. The molecule has 110 valence electrons. The molecule has 1 atom stereocenters. The minimum atomic E-state index is -1.25. The first-order chi connectivity index (χ1) is 9.99. The van der Waals surface area contributed by atoms with Crippen molar-refractivity contribution in [3.63, 3.8) is 0 Å². The quantitative estimate of drug-likeness (QED) is 0.485. The van der Waals surface area contributed by atoms with Crippen LogP contribution < -0.4 is 5.73 Å². The second kappa shape index (κ2) is 6.19. The molecular weight excluding hydrogens is 276 g/mol. The van der Waals surface area contributed by atoms with Crippen molar-refractivity contribution < 1.29 is 24.2 Å². The van der Waals surface area contributed by atoms with E-state index in [9.17, 15) is 14.4 Å². The molecule has 0 aliphatic carbocycles. The number of benzene rings is 1. The van der Waals surface area contributed by atoms with E-state index < -0.39 is 23.8 Å². The molecule has 0 amide bonds. The van der Waals surface area contributed by atoms with Crippen LogP contribution in [0.5, 0.6) is 0 Å². The van der Waals surface area contributed by atoms with E-state index in [0.29, 0.717) is 0 Å². The summed E-state index contributed by atoms with van der Waals surface area (Å²) in [5.41, 5.74) is 7.46. The van der Waals surface area contributed by atoms with Crippen LogP contribution in [0.2, 0.25) is 0 Å². The molecule has 0 aliphatic rings. The molecule has 7 heteroatoms. The summed E-state index contributed by atoms with van der Waals surface area (Å²) in [4.78, 5) is 44.5. The third-order valence-electron chi connectivity index (χ3n) is 2.90. The van der Waals surface area contributed by atoms with E-state index in [4.69, 9.17) is 5.73 Å². The van der Waals surface area contributed by atoms with Crippen LogP contribution in [-0.2, 0) is 30.6 Å². The molecule has 7 nitrogen and oxygen atoms in total. The van der Waals surface area contributed by atoms with Gasteiger partial charge in [-0.05, 0) is 11.6 Å². The molecular formula is C14H14N2O5. The lowest BCUT2D eigenvalue weighted by Gasteiger charge is -2.08. The summed E-state index contributed by atoms with van der Waals surface area (Å²) in [6.07, 6.45) is 1.96. The maximum Gasteiger partial charge on any atom is 0.421 e. The molecule has 0 radical (unpaired) electrons. The number of nitrogens with two attached hydrogens (primary N) is 1. The number of Topliss-reactive ketones (excluding diaryl/α,β-unsaturated/α-hetero) is 1. The van der Waals surface area contributed by atoms with Crippen LogP contribution in [-0.4, -0.2) is 28.7 Å². The van der Waals surface area contributed by atoms with Crippen molar-refractivity contribution in [1.82, 2.24) is 4.98 Å². The number of hydrogen-bond donors (Lipinski definition) is 2. The topological polar surface area (TPSA) is 111 Å². The Morgan fingerprint density at radius 2 is 1.95 bits per heavy atom. The molecule has 0 spiro atoms. The van der Waals surface area contributed by atoms with Gasteiger partial charge in [-0.15, -0.1) is 0 Å². The first-order valence-electron chi connectivity index (χ1n) is 6.23. The van der Waals surface area contributed by atoms with Gasteiger partial charge < -0.3 is 10.7 Å². The standard InChI is InChI=1S/C14H14N2O5/c1-8(17)13(18)20-21-14(19)11(15)6-9-7-16-12-5-3-2-4-10(9)12/h2-5,7,11,16H,6,15H2,1H3. The van der Waals surface area contributed by atoms with Gasteiger partial charge in [0.25, 0.3) is 0 Å².